The maximum Gasteiger partial charge on any atom is 0.348 e. The van der Waals surface area contributed by atoms with Crippen LogP contribution in [0.25, 0.3) is 0 Å². The van der Waals surface area contributed by atoms with Crippen molar-refractivity contribution in [1.82, 2.24) is 0 Å². The first-order valence-electron chi connectivity index (χ1n) is 5.74. The molecule has 0 aromatic heterocycles. The van der Waals surface area contributed by atoms with Crippen LogP contribution in [0.15, 0.2) is 12.7 Å². The minimum absolute atomic E-state index is 0.511. The van der Waals surface area contributed by atoms with Gasteiger partial charge in [-0.25, -0.2) is 9.59 Å². The number of esters is 2. The fourth-order valence-electron chi connectivity index (χ4n) is 1.37. The van der Waals surface area contributed by atoms with Crippen LogP contribution in [0, 0.1) is 0 Å². The molecule has 0 amide bonds. The molecule has 1 saturated heterocycles. The van der Waals surface area contributed by atoms with E-state index in [9.17, 15) is 9.59 Å². The standard InChI is InChI=1S/C12H18O4S2/c1-4-10(13)15-9(2)11(14)16-12(3)8-17-6-5-7-18-12/h4,9H,1,5-8H2,2-3H3. The molecule has 102 valence electrons. The molecular formula is C12H18O4S2. The highest BCUT2D eigenvalue weighted by molar-refractivity contribution is 8.04. The molecule has 1 heterocycles. The molecule has 18 heavy (non-hydrogen) atoms. The summed E-state index contributed by atoms with van der Waals surface area (Å²) in [5.41, 5.74) is 0. The largest absolute Gasteiger partial charge is 0.447 e. The first-order valence-corrected chi connectivity index (χ1v) is 7.88. The van der Waals surface area contributed by atoms with Gasteiger partial charge in [0.1, 0.15) is 0 Å². The summed E-state index contributed by atoms with van der Waals surface area (Å²) >= 11 is 3.41. The van der Waals surface area contributed by atoms with Crippen LogP contribution in [0.1, 0.15) is 20.3 Å². The van der Waals surface area contributed by atoms with Crippen LogP contribution in [0.5, 0.6) is 0 Å². The Labute approximate surface area is 116 Å². The molecule has 2 unspecified atom stereocenters. The minimum Gasteiger partial charge on any atom is -0.447 e. The minimum atomic E-state index is -0.902. The van der Waals surface area contributed by atoms with Crippen molar-refractivity contribution < 1.29 is 19.1 Å². The summed E-state index contributed by atoms with van der Waals surface area (Å²) in [4.78, 5) is 22.3. The second-order valence-electron chi connectivity index (χ2n) is 4.09. The Hall–Kier alpha value is -0.620. The second kappa shape index (κ2) is 7.09. The lowest BCUT2D eigenvalue weighted by atomic mass is 10.4. The van der Waals surface area contributed by atoms with E-state index in [1.54, 1.807) is 23.5 Å². The highest BCUT2D eigenvalue weighted by Crippen LogP contribution is 2.34. The molecule has 6 heteroatoms. The van der Waals surface area contributed by atoms with Crippen LogP contribution in [0.3, 0.4) is 0 Å². The van der Waals surface area contributed by atoms with Gasteiger partial charge in [-0.1, -0.05) is 6.58 Å². The summed E-state index contributed by atoms with van der Waals surface area (Å²) in [7, 11) is 0. The van der Waals surface area contributed by atoms with Crippen LogP contribution >= 0.6 is 23.5 Å². The van der Waals surface area contributed by atoms with E-state index in [1.165, 1.54) is 6.92 Å². The van der Waals surface area contributed by atoms with Gasteiger partial charge in [-0.15, -0.1) is 11.8 Å². The Morgan fingerprint density at radius 2 is 2.17 bits per heavy atom. The van der Waals surface area contributed by atoms with Crippen LogP contribution in [-0.2, 0) is 19.1 Å². The molecule has 1 aliphatic rings. The lowest BCUT2D eigenvalue weighted by Gasteiger charge is -2.28. The van der Waals surface area contributed by atoms with E-state index in [1.807, 2.05) is 6.92 Å². The number of hydrogen-bond donors (Lipinski definition) is 0. The summed E-state index contributed by atoms with van der Waals surface area (Å²) in [6, 6.07) is 0. The number of hydrogen-bond acceptors (Lipinski definition) is 6. The highest BCUT2D eigenvalue weighted by Gasteiger charge is 2.33. The molecule has 0 aromatic rings. The zero-order chi connectivity index (χ0) is 13.6. The van der Waals surface area contributed by atoms with Crippen LogP contribution < -0.4 is 0 Å². The average Bonchev–Trinajstić information content (AvgIpc) is 2.53. The zero-order valence-corrected chi connectivity index (χ0v) is 12.3. The second-order valence-corrected chi connectivity index (χ2v) is 6.76. The number of thioether (sulfide) groups is 2. The molecule has 0 aromatic carbocycles. The SMILES string of the molecule is C=CC(=O)OC(C)C(=O)OC1(C)CSCCCS1. The van der Waals surface area contributed by atoms with E-state index >= 15 is 0 Å². The Morgan fingerprint density at radius 1 is 1.44 bits per heavy atom. The van der Waals surface area contributed by atoms with Crippen LogP contribution in [0.2, 0.25) is 0 Å². The highest BCUT2D eigenvalue weighted by atomic mass is 32.2. The van der Waals surface area contributed by atoms with E-state index in [0.29, 0.717) is 0 Å². The lowest BCUT2D eigenvalue weighted by molar-refractivity contribution is -0.168. The van der Waals surface area contributed by atoms with Gasteiger partial charge >= 0.3 is 11.9 Å². The summed E-state index contributed by atoms with van der Waals surface area (Å²) in [6.07, 6.45) is 1.24. The van der Waals surface area contributed by atoms with Crippen molar-refractivity contribution in [2.45, 2.75) is 31.3 Å². The van der Waals surface area contributed by atoms with Crippen molar-refractivity contribution in [1.29, 1.82) is 0 Å². The molecule has 0 spiro atoms. The molecule has 0 N–H and O–H groups in total. The van der Waals surface area contributed by atoms with Gasteiger partial charge in [0, 0.05) is 11.8 Å². The third-order valence-corrected chi connectivity index (χ3v) is 5.16. The Bertz CT molecular complexity index is 322. The Kier molecular flexibility index (Phi) is 6.08. The van der Waals surface area contributed by atoms with Crippen LogP contribution in [0.4, 0.5) is 0 Å². The van der Waals surface area contributed by atoms with Crippen LogP contribution in [-0.4, -0.2) is 40.2 Å². The number of ether oxygens (including phenoxy) is 2. The maximum absolute atomic E-state index is 11.8. The fourth-order valence-corrected chi connectivity index (χ4v) is 3.92. The molecule has 0 saturated carbocycles. The molecule has 0 aliphatic carbocycles. The van der Waals surface area contributed by atoms with Gasteiger partial charge in [-0.2, -0.15) is 11.8 Å². The van der Waals surface area contributed by atoms with Crippen molar-refractivity contribution >= 4 is 35.5 Å². The molecule has 0 radical (unpaired) electrons. The van der Waals surface area contributed by atoms with E-state index < -0.39 is 23.0 Å². The van der Waals surface area contributed by atoms with Gasteiger partial charge in [-0.05, 0) is 31.8 Å². The molecule has 1 rings (SSSR count). The summed E-state index contributed by atoms with van der Waals surface area (Å²) in [5.74, 6) is 1.68. The molecular weight excluding hydrogens is 272 g/mol. The van der Waals surface area contributed by atoms with E-state index in [2.05, 4.69) is 6.58 Å². The summed E-state index contributed by atoms with van der Waals surface area (Å²) in [6.45, 7) is 6.68. The third-order valence-electron chi connectivity index (χ3n) is 2.31. The van der Waals surface area contributed by atoms with Crippen molar-refractivity contribution in [3.63, 3.8) is 0 Å². The Morgan fingerprint density at radius 3 is 2.83 bits per heavy atom. The molecule has 4 nitrogen and oxygen atoms in total. The lowest BCUT2D eigenvalue weighted by Crippen LogP contribution is -2.36. The van der Waals surface area contributed by atoms with E-state index in [4.69, 9.17) is 9.47 Å². The predicted molar refractivity (Wildman–Crippen MR) is 74.6 cm³/mol. The molecule has 0 bridgehead atoms. The normalized spacial score (nSPS) is 25.7. The topological polar surface area (TPSA) is 52.6 Å². The van der Waals surface area contributed by atoms with Gasteiger partial charge in [0.2, 0.25) is 0 Å². The van der Waals surface area contributed by atoms with Crippen molar-refractivity contribution in [3.05, 3.63) is 12.7 Å². The molecule has 1 fully saturated rings. The first-order chi connectivity index (χ1) is 8.47. The van der Waals surface area contributed by atoms with Crippen molar-refractivity contribution in [2.24, 2.45) is 0 Å². The zero-order valence-electron chi connectivity index (χ0n) is 10.6. The Balaban J connectivity index is 2.51. The van der Waals surface area contributed by atoms with Gasteiger partial charge in [-0.3, -0.25) is 0 Å². The quantitative estimate of drug-likeness (QED) is 0.584. The van der Waals surface area contributed by atoms with Crippen molar-refractivity contribution in [3.8, 4) is 0 Å². The first kappa shape index (κ1) is 15.4. The van der Waals surface area contributed by atoms with Gasteiger partial charge in [0.25, 0.3) is 0 Å². The van der Waals surface area contributed by atoms with Gasteiger partial charge < -0.3 is 9.47 Å². The summed E-state index contributed by atoms with van der Waals surface area (Å²) < 4.78 is 10.3. The number of rotatable bonds is 4. The molecule has 2 atom stereocenters. The smallest absolute Gasteiger partial charge is 0.348 e. The fraction of sp³-hybridized carbons (Fsp3) is 0.667. The maximum atomic E-state index is 11.8. The van der Waals surface area contributed by atoms with Gasteiger partial charge in [0.15, 0.2) is 11.0 Å². The molecule has 1 aliphatic heterocycles. The number of carbonyl (C=O) groups is 2. The third kappa shape index (κ3) is 4.94. The van der Waals surface area contributed by atoms with E-state index in [-0.39, 0.29) is 0 Å². The van der Waals surface area contributed by atoms with Crippen molar-refractivity contribution in [2.75, 3.05) is 17.3 Å². The number of carbonyl (C=O) groups excluding carboxylic acids is 2. The monoisotopic (exact) mass is 290 g/mol. The average molecular weight is 290 g/mol. The van der Waals surface area contributed by atoms with E-state index in [0.717, 1.165) is 29.8 Å². The summed E-state index contributed by atoms with van der Waals surface area (Å²) in [5, 5.41) is 0. The predicted octanol–water partition coefficient (Wildman–Crippen LogP) is 2.23. The van der Waals surface area contributed by atoms with Gasteiger partial charge in [0.05, 0.1) is 0 Å².